The van der Waals surface area contributed by atoms with Crippen LogP contribution in [0.1, 0.15) is 12.8 Å². The number of rotatable bonds is 5. The number of amides is 1. The van der Waals surface area contributed by atoms with Crippen molar-refractivity contribution in [1.29, 1.82) is 0 Å². The Morgan fingerprint density at radius 1 is 1.10 bits per heavy atom. The fourth-order valence-corrected chi connectivity index (χ4v) is 5.42. The van der Waals surface area contributed by atoms with E-state index in [-0.39, 0.29) is 29.8 Å². The highest BCUT2D eigenvalue weighted by atomic mass is 35.5. The first-order valence-electron chi connectivity index (χ1n) is 9.92. The monoisotopic (exact) mass is 466 g/mol. The minimum absolute atomic E-state index is 0.155. The molecule has 31 heavy (non-hydrogen) atoms. The summed E-state index contributed by atoms with van der Waals surface area (Å²) in [7, 11) is -2.16. The molecule has 1 saturated heterocycles. The Kier molecular flexibility index (Phi) is 6.27. The van der Waals surface area contributed by atoms with Crippen LogP contribution < -0.4 is 19.5 Å². The minimum Gasteiger partial charge on any atom is -0.495 e. The van der Waals surface area contributed by atoms with Gasteiger partial charge in [-0.1, -0.05) is 11.6 Å². The Hall–Kier alpha value is -2.49. The Labute approximate surface area is 186 Å². The Morgan fingerprint density at radius 2 is 1.81 bits per heavy atom. The van der Waals surface area contributed by atoms with E-state index >= 15 is 0 Å². The van der Waals surface area contributed by atoms with Gasteiger partial charge in [-0.3, -0.25) is 4.79 Å². The lowest BCUT2D eigenvalue weighted by molar-refractivity contribution is -0.120. The molecule has 0 spiro atoms. The first-order chi connectivity index (χ1) is 14.9. The number of fused-ring (bicyclic) bond motifs is 1. The zero-order valence-corrected chi connectivity index (χ0v) is 18.5. The molecular weight excluding hydrogens is 444 g/mol. The molecule has 0 aromatic heterocycles. The van der Waals surface area contributed by atoms with E-state index in [4.69, 9.17) is 25.8 Å². The van der Waals surface area contributed by atoms with Crippen molar-refractivity contribution in [3.8, 4) is 17.2 Å². The van der Waals surface area contributed by atoms with E-state index in [1.54, 1.807) is 24.3 Å². The molecule has 1 N–H and O–H groups in total. The van der Waals surface area contributed by atoms with Gasteiger partial charge in [-0.15, -0.1) is 0 Å². The third-order valence-corrected chi connectivity index (χ3v) is 7.59. The van der Waals surface area contributed by atoms with Crippen LogP contribution in [0, 0.1) is 5.92 Å². The fourth-order valence-electron chi connectivity index (χ4n) is 3.68. The smallest absolute Gasteiger partial charge is 0.243 e. The Bertz CT molecular complexity index is 1080. The highest BCUT2D eigenvalue weighted by Gasteiger charge is 2.33. The first-order valence-corrected chi connectivity index (χ1v) is 11.7. The second-order valence-corrected chi connectivity index (χ2v) is 9.67. The largest absolute Gasteiger partial charge is 0.495 e. The molecule has 10 heteroatoms. The summed E-state index contributed by atoms with van der Waals surface area (Å²) in [6.07, 6.45) is 0.860. The lowest BCUT2D eigenvalue weighted by atomic mass is 9.97. The molecule has 2 heterocycles. The van der Waals surface area contributed by atoms with Crippen molar-refractivity contribution in [2.24, 2.45) is 5.92 Å². The van der Waals surface area contributed by atoms with E-state index < -0.39 is 10.0 Å². The maximum Gasteiger partial charge on any atom is 0.243 e. The summed E-state index contributed by atoms with van der Waals surface area (Å²) in [6, 6.07) is 9.65. The van der Waals surface area contributed by atoms with E-state index in [0.29, 0.717) is 54.0 Å². The molecule has 2 aromatic carbocycles. The van der Waals surface area contributed by atoms with Crippen LogP contribution in [0.25, 0.3) is 0 Å². The van der Waals surface area contributed by atoms with Gasteiger partial charge < -0.3 is 19.5 Å². The zero-order valence-electron chi connectivity index (χ0n) is 17.0. The third kappa shape index (κ3) is 4.58. The molecule has 0 atom stereocenters. The van der Waals surface area contributed by atoms with Gasteiger partial charge in [-0.25, -0.2) is 8.42 Å². The van der Waals surface area contributed by atoms with Gasteiger partial charge in [-0.05, 0) is 43.2 Å². The van der Waals surface area contributed by atoms with Crippen LogP contribution in [0.5, 0.6) is 17.2 Å². The van der Waals surface area contributed by atoms with Crippen LogP contribution in [-0.4, -0.2) is 52.0 Å². The number of carbonyl (C=O) groups excluding carboxylic acids is 1. The highest BCUT2D eigenvalue weighted by Crippen LogP contribution is 2.34. The summed E-state index contributed by atoms with van der Waals surface area (Å²) in [5, 5.41) is 3.25. The molecule has 0 radical (unpaired) electrons. The van der Waals surface area contributed by atoms with E-state index in [9.17, 15) is 13.2 Å². The van der Waals surface area contributed by atoms with Crippen molar-refractivity contribution in [1.82, 2.24) is 4.31 Å². The summed E-state index contributed by atoms with van der Waals surface area (Å²) in [5.74, 6) is 1.06. The Balaban J connectivity index is 1.38. The maximum atomic E-state index is 13.0. The lowest BCUT2D eigenvalue weighted by Crippen LogP contribution is -2.41. The number of piperidine rings is 1. The molecule has 0 unspecified atom stereocenters. The number of hydrogen-bond acceptors (Lipinski definition) is 6. The molecule has 8 nitrogen and oxygen atoms in total. The predicted molar refractivity (Wildman–Crippen MR) is 116 cm³/mol. The van der Waals surface area contributed by atoms with Crippen LogP contribution in [0.4, 0.5) is 5.69 Å². The fraction of sp³-hybridized carbons (Fsp3) is 0.381. The van der Waals surface area contributed by atoms with Gasteiger partial charge in [0, 0.05) is 30.8 Å². The predicted octanol–water partition coefficient (Wildman–Crippen LogP) is 3.16. The quantitative estimate of drug-likeness (QED) is 0.727. The molecular formula is C21H23ClN2O6S. The lowest BCUT2D eigenvalue weighted by Gasteiger charge is -2.31. The molecule has 0 bridgehead atoms. The Morgan fingerprint density at radius 3 is 2.48 bits per heavy atom. The number of anilines is 1. The number of nitrogens with one attached hydrogen (secondary N) is 1. The van der Waals surface area contributed by atoms with Gasteiger partial charge in [0.05, 0.1) is 17.0 Å². The zero-order chi connectivity index (χ0) is 22.0. The first kappa shape index (κ1) is 21.7. The second-order valence-electron chi connectivity index (χ2n) is 7.32. The number of nitrogens with zero attached hydrogens (tertiary/aromatic N) is 1. The van der Waals surface area contributed by atoms with Crippen LogP contribution in [0.15, 0.2) is 41.3 Å². The van der Waals surface area contributed by atoms with Gasteiger partial charge in [-0.2, -0.15) is 4.31 Å². The molecule has 4 rings (SSSR count). The summed E-state index contributed by atoms with van der Waals surface area (Å²) in [6.45, 7) is 1.35. The molecule has 1 amide bonds. The molecule has 0 saturated carbocycles. The van der Waals surface area contributed by atoms with Gasteiger partial charge >= 0.3 is 0 Å². The van der Waals surface area contributed by atoms with E-state index in [1.807, 2.05) is 0 Å². The van der Waals surface area contributed by atoms with Crippen LogP contribution >= 0.6 is 11.6 Å². The van der Waals surface area contributed by atoms with E-state index in [1.165, 1.54) is 23.5 Å². The average molecular weight is 467 g/mol. The summed E-state index contributed by atoms with van der Waals surface area (Å²) in [5.41, 5.74) is 0.571. The topological polar surface area (TPSA) is 94.2 Å². The summed E-state index contributed by atoms with van der Waals surface area (Å²) < 4.78 is 43.6. The number of carbonyl (C=O) groups is 1. The maximum absolute atomic E-state index is 13.0. The number of halogens is 1. The summed E-state index contributed by atoms with van der Waals surface area (Å²) >= 11 is 6.10. The molecule has 2 aromatic rings. The number of methoxy groups -OCH3 is 1. The number of ether oxygens (including phenoxy) is 3. The van der Waals surface area contributed by atoms with Crippen LogP contribution in [-0.2, 0) is 14.8 Å². The molecule has 1 fully saturated rings. The van der Waals surface area contributed by atoms with Crippen molar-refractivity contribution < 1.29 is 27.4 Å². The number of sulfonamides is 1. The van der Waals surface area contributed by atoms with E-state index in [2.05, 4.69) is 5.32 Å². The van der Waals surface area contributed by atoms with Crippen molar-refractivity contribution in [3.63, 3.8) is 0 Å². The van der Waals surface area contributed by atoms with Crippen molar-refractivity contribution in [3.05, 3.63) is 41.4 Å². The number of benzene rings is 2. The molecule has 2 aliphatic rings. The van der Waals surface area contributed by atoms with Gasteiger partial charge in [0.2, 0.25) is 15.9 Å². The molecule has 2 aliphatic heterocycles. The van der Waals surface area contributed by atoms with Crippen LogP contribution in [0.3, 0.4) is 0 Å². The molecule has 0 aliphatic carbocycles. The third-order valence-electron chi connectivity index (χ3n) is 5.40. The van der Waals surface area contributed by atoms with Gasteiger partial charge in [0.1, 0.15) is 19.0 Å². The molecule has 166 valence electrons. The van der Waals surface area contributed by atoms with Crippen molar-refractivity contribution >= 4 is 33.2 Å². The van der Waals surface area contributed by atoms with E-state index in [0.717, 1.165) is 0 Å². The van der Waals surface area contributed by atoms with Gasteiger partial charge in [0.15, 0.2) is 11.5 Å². The SMILES string of the molecule is COc1ccc(NC(=O)C2CCN(S(=O)(=O)c3ccc4c(c3)OCCO4)CC2)cc1Cl. The van der Waals surface area contributed by atoms with Crippen LogP contribution in [0.2, 0.25) is 5.02 Å². The normalized spacial score (nSPS) is 17.2. The highest BCUT2D eigenvalue weighted by molar-refractivity contribution is 7.89. The van der Waals surface area contributed by atoms with Gasteiger partial charge in [0.25, 0.3) is 0 Å². The number of hydrogen-bond donors (Lipinski definition) is 1. The average Bonchev–Trinajstić information content (AvgIpc) is 2.79. The van der Waals surface area contributed by atoms with Crippen molar-refractivity contribution in [2.45, 2.75) is 17.7 Å². The minimum atomic E-state index is -3.68. The summed E-state index contributed by atoms with van der Waals surface area (Å²) in [4.78, 5) is 12.8. The second kappa shape index (κ2) is 8.94. The standard InChI is InChI=1S/C21H23ClN2O6S/c1-28-18-4-2-15(12-17(18)22)23-21(25)14-6-8-24(9-7-14)31(26,27)16-3-5-19-20(13-16)30-11-10-29-19/h2-5,12-14H,6-11H2,1H3,(H,23,25). The van der Waals surface area contributed by atoms with Crippen molar-refractivity contribution in [2.75, 3.05) is 38.7 Å².